The van der Waals surface area contributed by atoms with Gasteiger partial charge in [-0.3, -0.25) is 9.59 Å². The van der Waals surface area contributed by atoms with Crippen LogP contribution in [0.5, 0.6) is 5.75 Å². The van der Waals surface area contributed by atoms with Gasteiger partial charge in [0.25, 0.3) is 0 Å². The maximum atomic E-state index is 12.6. The normalized spacial score (nSPS) is 18.0. The minimum absolute atomic E-state index is 0.194. The molecule has 0 aliphatic heterocycles. The van der Waals surface area contributed by atoms with Gasteiger partial charge in [-0.25, -0.2) is 0 Å². The summed E-state index contributed by atoms with van der Waals surface area (Å²) in [7, 11) is 1.60. The third kappa shape index (κ3) is 3.01. The van der Waals surface area contributed by atoms with Crippen molar-refractivity contribution in [1.82, 2.24) is 5.32 Å². The predicted octanol–water partition coefficient (Wildman–Crippen LogP) is 2.10. The number of benzene rings is 1. The fourth-order valence-electron chi connectivity index (χ4n) is 2.93. The van der Waals surface area contributed by atoms with Gasteiger partial charge in [0.1, 0.15) is 11.8 Å². The highest BCUT2D eigenvalue weighted by Gasteiger charge is 2.43. The molecular formula is C16H21NO4. The number of carboxylic acid groups (broad SMARTS) is 1. The molecule has 1 aromatic rings. The summed E-state index contributed by atoms with van der Waals surface area (Å²) in [4.78, 5) is 23.6. The zero-order valence-corrected chi connectivity index (χ0v) is 12.4. The smallest absolute Gasteiger partial charge is 0.325 e. The van der Waals surface area contributed by atoms with Crippen LogP contribution in [0, 0.1) is 0 Å². The van der Waals surface area contributed by atoms with Crippen LogP contribution in [0.15, 0.2) is 24.3 Å². The topological polar surface area (TPSA) is 75.6 Å². The standard InChI is InChI=1S/C16H21NO4/c1-11(14(18)19)17-15(20)16(9-3-4-10-16)12-5-7-13(21-2)8-6-12/h5-8,11H,3-4,9-10H2,1-2H3,(H,17,20)(H,18,19)/t11-/m1/s1. The summed E-state index contributed by atoms with van der Waals surface area (Å²) in [6, 6.07) is 6.59. The molecule has 0 bridgehead atoms. The fourth-order valence-corrected chi connectivity index (χ4v) is 2.93. The van der Waals surface area contributed by atoms with Crippen molar-refractivity contribution in [1.29, 1.82) is 0 Å². The zero-order valence-electron chi connectivity index (χ0n) is 12.4. The number of rotatable bonds is 5. The van der Waals surface area contributed by atoms with Crippen LogP contribution in [0.1, 0.15) is 38.2 Å². The van der Waals surface area contributed by atoms with E-state index in [-0.39, 0.29) is 5.91 Å². The quantitative estimate of drug-likeness (QED) is 0.871. The number of amides is 1. The molecule has 0 saturated heterocycles. The molecule has 2 rings (SSSR count). The Labute approximate surface area is 124 Å². The third-order valence-electron chi connectivity index (χ3n) is 4.25. The van der Waals surface area contributed by atoms with E-state index in [4.69, 9.17) is 9.84 Å². The Morgan fingerprint density at radius 2 is 1.81 bits per heavy atom. The van der Waals surface area contributed by atoms with Gasteiger partial charge in [-0.2, -0.15) is 0 Å². The molecule has 1 aliphatic carbocycles. The Balaban J connectivity index is 2.27. The van der Waals surface area contributed by atoms with Crippen LogP contribution in [0.2, 0.25) is 0 Å². The number of aliphatic carboxylic acids is 1. The van der Waals surface area contributed by atoms with Gasteiger partial charge in [0.2, 0.25) is 5.91 Å². The summed E-state index contributed by atoms with van der Waals surface area (Å²) in [5.41, 5.74) is 0.312. The Morgan fingerprint density at radius 1 is 1.24 bits per heavy atom. The van der Waals surface area contributed by atoms with Gasteiger partial charge in [-0.05, 0) is 37.5 Å². The number of nitrogens with one attached hydrogen (secondary N) is 1. The second-order valence-corrected chi connectivity index (χ2v) is 5.55. The number of carboxylic acids is 1. The molecule has 0 unspecified atom stereocenters. The highest BCUT2D eigenvalue weighted by Crippen LogP contribution is 2.41. The van der Waals surface area contributed by atoms with Crippen molar-refractivity contribution in [2.75, 3.05) is 7.11 Å². The minimum atomic E-state index is -1.02. The molecule has 1 amide bonds. The van der Waals surface area contributed by atoms with E-state index in [0.29, 0.717) is 0 Å². The molecule has 0 spiro atoms. The molecule has 5 heteroatoms. The molecule has 1 atom stereocenters. The molecule has 0 aromatic heterocycles. The van der Waals surface area contributed by atoms with Gasteiger partial charge in [0.15, 0.2) is 0 Å². The number of ether oxygens (including phenoxy) is 1. The van der Waals surface area contributed by atoms with Gasteiger partial charge < -0.3 is 15.2 Å². The minimum Gasteiger partial charge on any atom is -0.497 e. The Morgan fingerprint density at radius 3 is 2.29 bits per heavy atom. The van der Waals surface area contributed by atoms with Crippen molar-refractivity contribution in [2.45, 2.75) is 44.1 Å². The summed E-state index contributed by atoms with van der Waals surface area (Å²) in [6.45, 7) is 1.48. The van der Waals surface area contributed by atoms with Crippen LogP contribution < -0.4 is 10.1 Å². The van der Waals surface area contributed by atoms with E-state index < -0.39 is 17.4 Å². The van der Waals surface area contributed by atoms with Crippen LogP contribution in [0.4, 0.5) is 0 Å². The number of methoxy groups -OCH3 is 1. The number of hydrogen-bond acceptors (Lipinski definition) is 3. The number of hydrogen-bond donors (Lipinski definition) is 2. The van der Waals surface area contributed by atoms with Crippen molar-refractivity contribution in [2.24, 2.45) is 0 Å². The van der Waals surface area contributed by atoms with Crippen LogP contribution >= 0.6 is 0 Å². The van der Waals surface area contributed by atoms with E-state index in [0.717, 1.165) is 37.0 Å². The van der Waals surface area contributed by atoms with E-state index in [1.807, 2.05) is 24.3 Å². The van der Waals surface area contributed by atoms with Crippen molar-refractivity contribution in [3.63, 3.8) is 0 Å². The first-order valence-electron chi connectivity index (χ1n) is 7.18. The average Bonchev–Trinajstić information content (AvgIpc) is 2.98. The van der Waals surface area contributed by atoms with E-state index in [2.05, 4.69) is 5.32 Å². The second kappa shape index (κ2) is 6.16. The van der Waals surface area contributed by atoms with Crippen LogP contribution in [0.3, 0.4) is 0 Å². The average molecular weight is 291 g/mol. The molecule has 21 heavy (non-hydrogen) atoms. The number of carbonyl (C=O) groups is 2. The molecule has 0 heterocycles. The molecule has 1 saturated carbocycles. The van der Waals surface area contributed by atoms with Crippen LogP contribution in [-0.2, 0) is 15.0 Å². The summed E-state index contributed by atoms with van der Waals surface area (Å²) < 4.78 is 5.14. The first-order chi connectivity index (χ1) is 9.99. The third-order valence-corrected chi connectivity index (χ3v) is 4.25. The second-order valence-electron chi connectivity index (χ2n) is 5.55. The Bertz CT molecular complexity index is 518. The molecule has 1 aromatic carbocycles. The van der Waals surface area contributed by atoms with Gasteiger partial charge >= 0.3 is 5.97 Å². The Hall–Kier alpha value is -2.04. The lowest BCUT2D eigenvalue weighted by Gasteiger charge is -2.29. The summed E-state index contributed by atoms with van der Waals surface area (Å²) >= 11 is 0. The largest absolute Gasteiger partial charge is 0.497 e. The van der Waals surface area contributed by atoms with Crippen molar-refractivity contribution in [3.8, 4) is 5.75 Å². The zero-order chi connectivity index (χ0) is 15.5. The molecule has 1 fully saturated rings. The summed E-state index contributed by atoms with van der Waals surface area (Å²) in [5, 5.41) is 11.6. The van der Waals surface area contributed by atoms with E-state index >= 15 is 0 Å². The first kappa shape index (κ1) is 15.4. The highest BCUT2D eigenvalue weighted by atomic mass is 16.5. The van der Waals surface area contributed by atoms with Gasteiger partial charge in [-0.15, -0.1) is 0 Å². The molecule has 1 aliphatic rings. The maximum absolute atomic E-state index is 12.6. The van der Waals surface area contributed by atoms with Crippen molar-refractivity contribution < 1.29 is 19.4 Å². The lowest BCUT2D eigenvalue weighted by atomic mass is 9.78. The first-order valence-corrected chi connectivity index (χ1v) is 7.18. The van der Waals surface area contributed by atoms with Gasteiger partial charge in [0, 0.05) is 0 Å². The highest BCUT2D eigenvalue weighted by molar-refractivity contribution is 5.91. The van der Waals surface area contributed by atoms with Crippen molar-refractivity contribution >= 4 is 11.9 Å². The van der Waals surface area contributed by atoms with Gasteiger partial charge in [0.05, 0.1) is 12.5 Å². The lowest BCUT2D eigenvalue weighted by molar-refractivity contribution is -0.142. The van der Waals surface area contributed by atoms with Gasteiger partial charge in [-0.1, -0.05) is 25.0 Å². The summed E-state index contributed by atoms with van der Waals surface area (Å²) in [6.07, 6.45) is 3.44. The van der Waals surface area contributed by atoms with E-state index in [1.54, 1.807) is 7.11 Å². The molecular weight excluding hydrogens is 270 g/mol. The molecule has 5 nitrogen and oxygen atoms in total. The summed E-state index contributed by atoms with van der Waals surface area (Å²) in [5.74, 6) is -0.475. The maximum Gasteiger partial charge on any atom is 0.325 e. The fraction of sp³-hybridized carbons (Fsp3) is 0.500. The monoisotopic (exact) mass is 291 g/mol. The molecule has 0 radical (unpaired) electrons. The van der Waals surface area contributed by atoms with Crippen LogP contribution in [-0.4, -0.2) is 30.1 Å². The van der Waals surface area contributed by atoms with E-state index in [1.165, 1.54) is 6.92 Å². The number of carbonyl (C=O) groups excluding carboxylic acids is 1. The van der Waals surface area contributed by atoms with E-state index in [9.17, 15) is 9.59 Å². The molecule has 2 N–H and O–H groups in total. The van der Waals surface area contributed by atoms with Crippen molar-refractivity contribution in [3.05, 3.63) is 29.8 Å². The Kier molecular flexibility index (Phi) is 4.50. The molecule has 114 valence electrons. The predicted molar refractivity (Wildman–Crippen MR) is 78.4 cm³/mol. The SMILES string of the molecule is COc1ccc(C2(C(=O)N[C@H](C)C(=O)O)CCCC2)cc1. The lowest BCUT2D eigenvalue weighted by Crippen LogP contribution is -2.48. The van der Waals surface area contributed by atoms with Crippen LogP contribution in [0.25, 0.3) is 0 Å².